The summed E-state index contributed by atoms with van der Waals surface area (Å²) in [5.41, 5.74) is 4.86. The van der Waals surface area contributed by atoms with Gasteiger partial charge >= 0.3 is 6.09 Å². The van der Waals surface area contributed by atoms with E-state index in [1.807, 2.05) is 42.5 Å². The van der Waals surface area contributed by atoms with Crippen LogP contribution >= 0.6 is 0 Å². The van der Waals surface area contributed by atoms with Gasteiger partial charge in [0.25, 0.3) is 11.8 Å². The topological polar surface area (TPSA) is 196 Å². The monoisotopic (exact) mass is 787 g/mol. The van der Waals surface area contributed by atoms with Crippen molar-refractivity contribution in [1.82, 2.24) is 20.5 Å². The Bertz CT molecular complexity index is 2190. The van der Waals surface area contributed by atoms with Gasteiger partial charge in [0.1, 0.15) is 34.1 Å². The molecule has 5 atom stereocenters. The first-order valence-corrected chi connectivity index (χ1v) is 20.7. The molecule has 4 aliphatic rings. The van der Waals surface area contributed by atoms with Crippen molar-refractivity contribution in [3.8, 4) is 22.8 Å². The number of aromatic nitrogens is 1. The smallest absolute Gasteiger partial charge is 0.408 e. The van der Waals surface area contributed by atoms with E-state index in [9.17, 15) is 27.6 Å². The lowest BCUT2D eigenvalue weighted by Crippen LogP contribution is -2.68. The Balaban J connectivity index is 1.31. The summed E-state index contributed by atoms with van der Waals surface area (Å²) >= 11 is 0. The van der Waals surface area contributed by atoms with E-state index in [0.29, 0.717) is 60.2 Å². The minimum Gasteiger partial charge on any atom is -0.497 e. The van der Waals surface area contributed by atoms with E-state index >= 15 is 0 Å². The van der Waals surface area contributed by atoms with Gasteiger partial charge in [0.2, 0.25) is 11.4 Å². The van der Waals surface area contributed by atoms with E-state index in [4.69, 9.17) is 24.9 Å². The summed E-state index contributed by atoms with van der Waals surface area (Å²) in [7, 11) is -2.33. The predicted octanol–water partition coefficient (Wildman–Crippen LogP) is 4.55. The molecule has 2 saturated carbocycles. The third kappa shape index (κ3) is 7.40. The number of ether oxygens (including phenoxy) is 3. The molecule has 7 rings (SSSR count). The zero-order valence-electron chi connectivity index (χ0n) is 32.1. The van der Waals surface area contributed by atoms with Crippen molar-refractivity contribution < 1.29 is 41.8 Å². The molecule has 3 fully saturated rings. The summed E-state index contributed by atoms with van der Waals surface area (Å²) in [6, 6.07) is 15.3. The molecule has 56 heavy (non-hydrogen) atoms. The Morgan fingerprint density at radius 1 is 1.02 bits per heavy atom. The van der Waals surface area contributed by atoms with Crippen LogP contribution in [-0.2, 0) is 29.0 Å². The molecule has 0 unspecified atom stereocenters. The molecule has 2 aliphatic carbocycles. The quantitative estimate of drug-likeness (QED) is 0.215. The number of pyridine rings is 1. The van der Waals surface area contributed by atoms with Crippen LogP contribution in [0.4, 0.5) is 4.79 Å². The maximum Gasteiger partial charge on any atom is 0.408 e. The second kappa shape index (κ2) is 14.7. The van der Waals surface area contributed by atoms with Gasteiger partial charge in [0, 0.05) is 35.4 Å². The number of hydrogen-bond donors (Lipinski definition) is 3. The standard InChI is InChI=1S/C41H49N5O9S/c1-39(2,3)55-38(50)44-31-15-11-6-5-10-14-26-22-41(26,56(51,52)29-17-18-29)45-37(49)40(36(42)48)23-28(24-46(40)35(31)47)54-34-21-32(25-12-8-7-9-13-25)43-33-20-27(53-4)16-19-30(33)34/h7-10,12-14,16,19-21,26,28-29,31H,5-6,11,15,17-18,22-24H2,1-4H3,(H2,42,48)(H,44,50)(H,45,49)/b14-10-/t26-,28-,31+,40+,41-/m1/s1. The van der Waals surface area contributed by atoms with Crippen molar-refractivity contribution in [3.05, 3.63) is 66.7 Å². The van der Waals surface area contributed by atoms with E-state index in [1.165, 1.54) is 0 Å². The summed E-state index contributed by atoms with van der Waals surface area (Å²) in [5, 5.41) is 5.45. The SMILES string of the molecule is COc1ccc2c(O[C@H]3CN4C(=O)[C@@H](NC(=O)OC(C)(C)C)CCCC/C=C\[C@@H]5C[C@]5(S(=O)(=O)C5CC5)NC(=O)[C@@]4(C(N)=O)C3)cc(-c3ccccc3)nc2c1. The zero-order chi connectivity index (χ0) is 40.0. The Morgan fingerprint density at radius 3 is 2.45 bits per heavy atom. The number of nitrogens with two attached hydrogens (primary N) is 1. The lowest BCUT2D eigenvalue weighted by atomic mass is 9.91. The van der Waals surface area contributed by atoms with Crippen molar-refractivity contribution in [2.45, 2.75) is 106 Å². The molecule has 15 heteroatoms. The van der Waals surface area contributed by atoms with Crippen LogP contribution in [0.1, 0.15) is 72.1 Å². The average Bonchev–Trinajstić information content (AvgIpc) is 4.08. The zero-order valence-corrected chi connectivity index (χ0v) is 32.9. The Morgan fingerprint density at radius 2 is 1.77 bits per heavy atom. The van der Waals surface area contributed by atoms with Crippen molar-refractivity contribution >= 4 is 44.6 Å². The lowest BCUT2D eigenvalue weighted by Gasteiger charge is -2.37. The van der Waals surface area contributed by atoms with E-state index in [0.717, 1.165) is 10.5 Å². The number of nitrogens with one attached hydrogen (secondary N) is 2. The molecular weight excluding hydrogens is 739 g/mol. The Hall–Kier alpha value is -5.18. The van der Waals surface area contributed by atoms with Crippen LogP contribution in [0, 0.1) is 5.92 Å². The molecule has 2 aromatic carbocycles. The van der Waals surface area contributed by atoms with Crippen LogP contribution in [0.2, 0.25) is 0 Å². The Kier molecular flexibility index (Phi) is 10.3. The number of benzene rings is 2. The second-order valence-electron chi connectivity index (χ2n) is 16.2. The molecule has 1 aromatic heterocycles. The maximum absolute atomic E-state index is 14.9. The number of carbonyl (C=O) groups excluding carboxylic acids is 4. The number of hydrogen-bond acceptors (Lipinski definition) is 10. The summed E-state index contributed by atoms with van der Waals surface area (Å²) in [4.78, 5) is 61.0. The molecule has 2 aliphatic heterocycles. The maximum atomic E-state index is 14.9. The number of allylic oxidation sites excluding steroid dienone is 1. The van der Waals surface area contributed by atoms with Crippen LogP contribution in [-0.4, -0.2) is 89.2 Å². The van der Waals surface area contributed by atoms with Gasteiger partial charge < -0.3 is 35.5 Å². The molecule has 3 aromatic rings. The number of amides is 4. The highest BCUT2D eigenvalue weighted by Gasteiger charge is 2.69. The van der Waals surface area contributed by atoms with E-state index in [2.05, 4.69) is 10.6 Å². The first-order valence-electron chi connectivity index (χ1n) is 19.1. The lowest BCUT2D eigenvalue weighted by molar-refractivity contribution is -0.153. The first kappa shape index (κ1) is 39.1. The van der Waals surface area contributed by atoms with Gasteiger partial charge in [-0.25, -0.2) is 18.2 Å². The molecule has 4 amide bonds. The fraction of sp³-hybridized carbons (Fsp3) is 0.488. The van der Waals surface area contributed by atoms with Crippen molar-refractivity contribution in [3.63, 3.8) is 0 Å². The van der Waals surface area contributed by atoms with Gasteiger partial charge in [-0.1, -0.05) is 48.9 Å². The molecule has 1 saturated heterocycles. The summed E-state index contributed by atoms with van der Waals surface area (Å²) in [5.74, 6) is -2.49. The average molecular weight is 788 g/mol. The fourth-order valence-corrected chi connectivity index (χ4v) is 10.4. The van der Waals surface area contributed by atoms with Gasteiger partial charge in [-0.15, -0.1) is 0 Å². The number of carbonyl (C=O) groups is 4. The molecule has 0 radical (unpaired) electrons. The third-order valence-electron chi connectivity index (χ3n) is 11.0. The number of fused-ring (bicyclic) bond motifs is 3. The van der Waals surface area contributed by atoms with Gasteiger partial charge in [-0.05, 0) is 71.4 Å². The van der Waals surface area contributed by atoms with Crippen LogP contribution < -0.4 is 25.8 Å². The summed E-state index contributed by atoms with van der Waals surface area (Å²) in [6.45, 7) is 4.79. The molecule has 4 N–H and O–H groups in total. The van der Waals surface area contributed by atoms with Gasteiger partial charge in [-0.2, -0.15) is 0 Å². The molecule has 14 nitrogen and oxygen atoms in total. The normalized spacial score (nSPS) is 27.6. The van der Waals surface area contributed by atoms with Gasteiger partial charge in [0.05, 0.1) is 30.1 Å². The van der Waals surface area contributed by atoms with Crippen LogP contribution in [0.25, 0.3) is 22.2 Å². The minimum atomic E-state index is -3.88. The molecule has 0 spiro atoms. The minimum absolute atomic E-state index is 0.133. The Labute approximate surface area is 326 Å². The van der Waals surface area contributed by atoms with Crippen molar-refractivity contribution in [2.75, 3.05) is 13.7 Å². The number of sulfone groups is 1. The summed E-state index contributed by atoms with van der Waals surface area (Å²) in [6.07, 6.45) is 4.46. The molecular formula is C41H49N5O9S. The van der Waals surface area contributed by atoms with E-state index < -0.39 is 73.0 Å². The third-order valence-corrected chi connectivity index (χ3v) is 13.9. The number of nitrogens with zero attached hydrogens (tertiary/aromatic N) is 2. The van der Waals surface area contributed by atoms with Crippen molar-refractivity contribution in [2.24, 2.45) is 11.7 Å². The number of primary amides is 1. The van der Waals surface area contributed by atoms with Gasteiger partial charge in [-0.3, -0.25) is 14.4 Å². The highest BCUT2D eigenvalue weighted by atomic mass is 32.2. The number of rotatable bonds is 8. The molecule has 298 valence electrons. The predicted molar refractivity (Wildman–Crippen MR) is 208 cm³/mol. The summed E-state index contributed by atoms with van der Waals surface area (Å²) < 4.78 is 45.6. The molecule has 3 heterocycles. The van der Waals surface area contributed by atoms with Crippen LogP contribution in [0.15, 0.2) is 66.7 Å². The second-order valence-corrected chi connectivity index (χ2v) is 18.7. The largest absolute Gasteiger partial charge is 0.497 e. The first-order chi connectivity index (χ1) is 26.6. The number of methoxy groups -OCH3 is 1. The highest BCUT2D eigenvalue weighted by Crippen LogP contribution is 2.54. The van der Waals surface area contributed by atoms with E-state index in [1.54, 1.807) is 52.1 Å². The fourth-order valence-electron chi connectivity index (χ4n) is 7.89. The molecule has 0 bridgehead atoms. The van der Waals surface area contributed by atoms with Crippen LogP contribution in [0.3, 0.4) is 0 Å². The number of alkyl carbamates (subject to hydrolysis) is 1. The van der Waals surface area contributed by atoms with Crippen molar-refractivity contribution in [1.29, 1.82) is 0 Å². The van der Waals surface area contributed by atoms with E-state index in [-0.39, 0.29) is 25.8 Å². The highest BCUT2D eigenvalue weighted by molar-refractivity contribution is 7.94. The van der Waals surface area contributed by atoms with Crippen LogP contribution in [0.5, 0.6) is 11.5 Å². The van der Waals surface area contributed by atoms with Gasteiger partial charge in [0.15, 0.2) is 9.84 Å².